The molecule has 1 atom stereocenters. The van der Waals surface area contributed by atoms with E-state index in [1.54, 1.807) is 0 Å². The molecule has 0 fully saturated rings. The maximum absolute atomic E-state index is 11.0. The molecule has 0 aliphatic rings. The minimum absolute atomic E-state index is 0.0306. The molecule has 0 radical (unpaired) electrons. The molecule has 0 N–H and O–H groups in total. The molecule has 12 heavy (non-hydrogen) atoms. The van der Waals surface area contributed by atoms with Gasteiger partial charge in [0.25, 0.3) is 0 Å². The second-order valence-corrected chi connectivity index (χ2v) is 3.49. The fourth-order valence-corrected chi connectivity index (χ4v) is 1.39. The van der Waals surface area contributed by atoms with Crippen molar-refractivity contribution in [3.05, 3.63) is 0 Å². The molecule has 0 unspecified atom stereocenters. The minimum Gasteiger partial charge on any atom is -0.293 e. The van der Waals surface area contributed by atoms with E-state index in [9.17, 15) is 4.79 Å². The fraction of sp³-hybridized carbons (Fsp3) is 0.889. The third-order valence-corrected chi connectivity index (χ3v) is 2.30. The number of hydrogen-bond donors (Lipinski definition) is 1. The quantitative estimate of drug-likeness (QED) is 0.645. The van der Waals surface area contributed by atoms with Gasteiger partial charge in [-0.2, -0.15) is 0 Å². The number of thiol groups is 1. The van der Waals surface area contributed by atoms with Crippen molar-refractivity contribution in [2.45, 2.75) is 39.7 Å². The van der Waals surface area contributed by atoms with Gasteiger partial charge in [0.15, 0.2) is 0 Å². The molecular weight excluding hydrogens is 170 g/mol. The summed E-state index contributed by atoms with van der Waals surface area (Å²) in [5.74, 6) is 0. The minimum atomic E-state index is -0.0340. The number of rotatable bonds is 6. The average Bonchev–Trinajstić information content (AvgIpc) is 2.03. The fourth-order valence-electron chi connectivity index (χ4n) is 1.23. The van der Waals surface area contributed by atoms with Gasteiger partial charge in [0.05, 0.1) is 6.04 Å². The molecule has 72 valence electrons. The summed E-state index contributed by atoms with van der Waals surface area (Å²) >= 11 is 3.84. The first-order chi connectivity index (χ1) is 5.63. The van der Waals surface area contributed by atoms with Crippen molar-refractivity contribution in [2.75, 3.05) is 13.1 Å². The lowest BCUT2D eigenvalue weighted by molar-refractivity contribution is -0.115. The van der Waals surface area contributed by atoms with Crippen molar-refractivity contribution in [3.8, 4) is 0 Å². The zero-order valence-electron chi connectivity index (χ0n) is 8.21. The Hall–Kier alpha value is -0.0200. The summed E-state index contributed by atoms with van der Waals surface area (Å²) in [6, 6.07) is -0.0340. The van der Waals surface area contributed by atoms with Crippen LogP contribution in [-0.2, 0) is 4.79 Å². The molecule has 3 heteroatoms. The highest BCUT2D eigenvalue weighted by Crippen LogP contribution is 2.04. The predicted molar refractivity (Wildman–Crippen MR) is 55.6 cm³/mol. The van der Waals surface area contributed by atoms with Crippen LogP contribution in [0.15, 0.2) is 0 Å². The topological polar surface area (TPSA) is 20.3 Å². The summed E-state index contributed by atoms with van der Waals surface area (Å²) in [6.07, 6.45) is 2.18. The van der Waals surface area contributed by atoms with E-state index in [0.717, 1.165) is 25.9 Å². The van der Waals surface area contributed by atoms with E-state index in [-0.39, 0.29) is 11.2 Å². The van der Waals surface area contributed by atoms with Gasteiger partial charge in [-0.05, 0) is 32.9 Å². The zero-order chi connectivity index (χ0) is 9.56. The zero-order valence-corrected chi connectivity index (χ0v) is 9.10. The highest BCUT2D eigenvalue weighted by atomic mass is 32.1. The Balaban J connectivity index is 3.98. The lowest BCUT2D eigenvalue weighted by Gasteiger charge is -2.25. The van der Waals surface area contributed by atoms with Gasteiger partial charge in [-0.25, -0.2) is 0 Å². The van der Waals surface area contributed by atoms with Crippen molar-refractivity contribution in [1.29, 1.82) is 0 Å². The van der Waals surface area contributed by atoms with E-state index < -0.39 is 0 Å². The maximum atomic E-state index is 11.0. The standard InChI is InChI=1S/C9H19NOS/c1-4-6-10(7-5-2)8(3)9(11)12/h8H,4-7H2,1-3H3,(H,11,12)/t8-/m0/s1. The molecule has 0 saturated heterocycles. The van der Waals surface area contributed by atoms with Gasteiger partial charge >= 0.3 is 0 Å². The monoisotopic (exact) mass is 189 g/mol. The van der Waals surface area contributed by atoms with Gasteiger partial charge in [0.2, 0.25) is 5.12 Å². The van der Waals surface area contributed by atoms with E-state index in [1.807, 2.05) is 6.92 Å². The van der Waals surface area contributed by atoms with E-state index in [4.69, 9.17) is 0 Å². The molecule has 0 amide bonds. The summed E-state index contributed by atoms with van der Waals surface area (Å²) in [5, 5.41) is -0.0306. The molecule has 0 heterocycles. The first-order valence-corrected chi connectivity index (χ1v) is 5.05. The summed E-state index contributed by atoms with van der Waals surface area (Å²) in [4.78, 5) is 13.1. The molecule has 0 spiro atoms. The van der Waals surface area contributed by atoms with E-state index in [0.29, 0.717) is 0 Å². The maximum Gasteiger partial charge on any atom is 0.202 e. The van der Waals surface area contributed by atoms with Crippen LogP contribution in [0.4, 0.5) is 0 Å². The molecule has 0 saturated carbocycles. The molecule has 2 nitrogen and oxygen atoms in total. The Morgan fingerprint density at radius 2 is 1.75 bits per heavy atom. The number of carbonyl (C=O) groups excluding carboxylic acids is 1. The van der Waals surface area contributed by atoms with E-state index in [1.165, 1.54) is 0 Å². The van der Waals surface area contributed by atoms with Gasteiger partial charge in [-0.1, -0.05) is 13.8 Å². The number of carbonyl (C=O) groups is 1. The van der Waals surface area contributed by atoms with E-state index >= 15 is 0 Å². The first kappa shape index (κ1) is 12.0. The molecular formula is C9H19NOS. The van der Waals surface area contributed by atoms with Crippen molar-refractivity contribution in [1.82, 2.24) is 4.90 Å². The molecule has 0 aliphatic carbocycles. The third kappa shape index (κ3) is 4.12. The molecule has 0 aromatic rings. The van der Waals surface area contributed by atoms with Crippen LogP contribution in [0.1, 0.15) is 33.6 Å². The number of nitrogens with zero attached hydrogens (tertiary/aromatic N) is 1. The van der Waals surface area contributed by atoms with Gasteiger partial charge in [0, 0.05) is 0 Å². The Bertz CT molecular complexity index is 132. The molecule has 0 aromatic heterocycles. The molecule has 0 aromatic carbocycles. The van der Waals surface area contributed by atoms with Crippen molar-refractivity contribution in [2.24, 2.45) is 0 Å². The van der Waals surface area contributed by atoms with Gasteiger partial charge in [-0.3, -0.25) is 9.69 Å². The van der Waals surface area contributed by atoms with Crippen LogP contribution >= 0.6 is 12.6 Å². The lowest BCUT2D eigenvalue weighted by Crippen LogP contribution is -2.38. The summed E-state index contributed by atoms with van der Waals surface area (Å²) in [7, 11) is 0. The SMILES string of the molecule is CCCN(CCC)[C@@H](C)C(=O)S. The Morgan fingerprint density at radius 1 is 1.33 bits per heavy atom. The van der Waals surface area contributed by atoms with Gasteiger partial charge in [0.1, 0.15) is 0 Å². The van der Waals surface area contributed by atoms with E-state index in [2.05, 4.69) is 31.4 Å². The van der Waals surface area contributed by atoms with Crippen molar-refractivity contribution < 1.29 is 4.79 Å². The van der Waals surface area contributed by atoms with Gasteiger partial charge in [-0.15, -0.1) is 12.6 Å². The second-order valence-electron chi connectivity index (χ2n) is 3.05. The Morgan fingerprint density at radius 3 is 2.00 bits per heavy atom. The van der Waals surface area contributed by atoms with Crippen molar-refractivity contribution >= 4 is 17.7 Å². The van der Waals surface area contributed by atoms with Crippen LogP contribution in [-0.4, -0.2) is 29.1 Å². The smallest absolute Gasteiger partial charge is 0.202 e. The third-order valence-electron chi connectivity index (χ3n) is 1.93. The highest BCUT2D eigenvalue weighted by molar-refractivity contribution is 7.96. The van der Waals surface area contributed by atoms with Crippen LogP contribution < -0.4 is 0 Å². The van der Waals surface area contributed by atoms with Crippen LogP contribution in [0, 0.1) is 0 Å². The largest absolute Gasteiger partial charge is 0.293 e. The second kappa shape index (κ2) is 6.49. The van der Waals surface area contributed by atoms with Crippen molar-refractivity contribution in [3.63, 3.8) is 0 Å². The molecule has 0 rings (SSSR count). The highest BCUT2D eigenvalue weighted by Gasteiger charge is 2.16. The molecule has 0 aliphatic heterocycles. The summed E-state index contributed by atoms with van der Waals surface area (Å²) in [5.41, 5.74) is 0. The molecule has 0 bridgehead atoms. The predicted octanol–water partition coefficient (Wildman–Crippen LogP) is 1.95. The first-order valence-electron chi connectivity index (χ1n) is 4.60. The van der Waals surface area contributed by atoms with Crippen LogP contribution in [0.2, 0.25) is 0 Å². The lowest BCUT2D eigenvalue weighted by atomic mass is 10.2. The van der Waals surface area contributed by atoms with Crippen LogP contribution in [0.5, 0.6) is 0 Å². The van der Waals surface area contributed by atoms with Crippen LogP contribution in [0.25, 0.3) is 0 Å². The average molecular weight is 189 g/mol. The summed E-state index contributed by atoms with van der Waals surface area (Å²) < 4.78 is 0. The Labute approximate surface area is 80.7 Å². The van der Waals surface area contributed by atoms with Crippen LogP contribution in [0.3, 0.4) is 0 Å². The number of hydrogen-bond acceptors (Lipinski definition) is 2. The Kier molecular flexibility index (Phi) is 6.48. The van der Waals surface area contributed by atoms with Gasteiger partial charge < -0.3 is 0 Å². The summed E-state index contributed by atoms with van der Waals surface area (Å²) in [6.45, 7) is 8.14. The normalized spacial score (nSPS) is 13.4.